The van der Waals surface area contributed by atoms with Gasteiger partial charge in [0.1, 0.15) is 0 Å². The van der Waals surface area contributed by atoms with Crippen molar-refractivity contribution in [2.24, 2.45) is 0 Å². The molecular weight excluding hydrogens is 260 g/mol. The first kappa shape index (κ1) is 15.2. The number of hydrogen-bond acceptors (Lipinski definition) is 2. The Morgan fingerprint density at radius 1 is 1.24 bits per heavy atom. The van der Waals surface area contributed by atoms with E-state index in [-0.39, 0.29) is 5.91 Å². The molecule has 0 saturated heterocycles. The molecule has 3 heteroatoms. The number of aromatic nitrogens is 1. The van der Waals surface area contributed by atoms with Crippen molar-refractivity contribution < 1.29 is 4.79 Å². The lowest BCUT2D eigenvalue weighted by Gasteiger charge is -2.10. The lowest BCUT2D eigenvalue weighted by molar-refractivity contribution is -0.116. The van der Waals surface area contributed by atoms with Crippen molar-refractivity contribution in [1.82, 2.24) is 4.98 Å². The fraction of sp³-hybridized carbons (Fsp3) is 0.333. The van der Waals surface area contributed by atoms with Crippen LogP contribution < -0.4 is 5.32 Å². The van der Waals surface area contributed by atoms with Crippen molar-refractivity contribution >= 4 is 11.6 Å². The van der Waals surface area contributed by atoms with Gasteiger partial charge in [0.2, 0.25) is 5.91 Å². The Hall–Kier alpha value is -2.16. The summed E-state index contributed by atoms with van der Waals surface area (Å²) in [5.74, 6) is 0.0789. The molecule has 0 spiro atoms. The van der Waals surface area contributed by atoms with Gasteiger partial charge in [-0.05, 0) is 55.0 Å². The number of aryl methyl sites for hydroxylation is 3. The standard InChI is InChI=1S/C18H22N2O/c1-3-15-10-9-14(2)17(12-15)20-18(21)8-4-6-16-7-5-11-19-13-16/h5,7,9-13H,3-4,6,8H2,1-2H3,(H,20,21). The summed E-state index contributed by atoms with van der Waals surface area (Å²) in [7, 11) is 0. The summed E-state index contributed by atoms with van der Waals surface area (Å²) in [6.45, 7) is 4.13. The molecule has 0 atom stereocenters. The molecule has 21 heavy (non-hydrogen) atoms. The molecule has 3 nitrogen and oxygen atoms in total. The summed E-state index contributed by atoms with van der Waals surface area (Å²) >= 11 is 0. The van der Waals surface area contributed by atoms with Crippen LogP contribution in [-0.2, 0) is 17.6 Å². The van der Waals surface area contributed by atoms with Gasteiger partial charge in [-0.2, -0.15) is 0 Å². The van der Waals surface area contributed by atoms with Crippen molar-refractivity contribution in [3.63, 3.8) is 0 Å². The first-order valence-corrected chi connectivity index (χ1v) is 7.47. The van der Waals surface area contributed by atoms with E-state index in [2.05, 4.69) is 35.4 Å². The third kappa shape index (κ3) is 4.71. The minimum Gasteiger partial charge on any atom is -0.326 e. The zero-order valence-electron chi connectivity index (χ0n) is 12.7. The number of benzene rings is 1. The predicted molar refractivity (Wildman–Crippen MR) is 86.4 cm³/mol. The number of carbonyl (C=O) groups is 1. The Labute approximate surface area is 126 Å². The van der Waals surface area contributed by atoms with Crippen molar-refractivity contribution in [2.45, 2.75) is 39.5 Å². The van der Waals surface area contributed by atoms with Gasteiger partial charge in [0.15, 0.2) is 0 Å². The van der Waals surface area contributed by atoms with Crippen LogP contribution in [0.5, 0.6) is 0 Å². The van der Waals surface area contributed by atoms with Gasteiger partial charge in [0.05, 0.1) is 0 Å². The maximum Gasteiger partial charge on any atom is 0.224 e. The molecule has 1 amide bonds. The highest BCUT2D eigenvalue weighted by Crippen LogP contribution is 2.18. The highest BCUT2D eigenvalue weighted by Gasteiger charge is 2.05. The van der Waals surface area contributed by atoms with E-state index in [1.165, 1.54) is 11.1 Å². The molecule has 0 aliphatic carbocycles. The highest BCUT2D eigenvalue weighted by molar-refractivity contribution is 5.91. The number of hydrogen-bond donors (Lipinski definition) is 1. The molecule has 0 bridgehead atoms. The molecule has 1 N–H and O–H groups in total. The Morgan fingerprint density at radius 3 is 2.81 bits per heavy atom. The number of nitrogens with one attached hydrogen (secondary N) is 1. The Balaban J connectivity index is 1.84. The molecule has 0 aliphatic heterocycles. The average Bonchev–Trinajstić information content (AvgIpc) is 2.50. The van der Waals surface area contributed by atoms with Crippen LogP contribution in [0.25, 0.3) is 0 Å². The van der Waals surface area contributed by atoms with Crippen LogP contribution in [0.4, 0.5) is 5.69 Å². The van der Waals surface area contributed by atoms with E-state index in [1.807, 2.05) is 25.3 Å². The quantitative estimate of drug-likeness (QED) is 0.872. The number of carbonyl (C=O) groups excluding carboxylic acids is 1. The van der Waals surface area contributed by atoms with Gasteiger partial charge in [-0.1, -0.05) is 25.1 Å². The zero-order valence-corrected chi connectivity index (χ0v) is 12.7. The third-order valence-corrected chi connectivity index (χ3v) is 3.58. The maximum absolute atomic E-state index is 12.0. The lowest BCUT2D eigenvalue weighted by Crippen LogP contribution is -2.12. The molecule has 0 aliphatic rings. The molecule has 2 aromatic rings. The van der Waals surface area contributed by atoms with Crippen LogP contribution in [0, 0.1) is 6.92 Å². The third-order valence-electron chi connectivity index (χ3n) is 3.58. The SMILES string of the molecule is CCc1ccc(C)c(NC(=O)CCCc2cccnc2)c1. The fourth-order valence-corrected chi connectivity index (χ4v) is 2.24. The van der Waals surface area contributed by atoms with Crippen LogP contribution in [0.3, 0.4) is 0 Å². The van der Waals surface area contributed by atoms with E-state index in [1.54, 1.807) is 6.20 Å². The maximum atomic E-state index is 12.0. The van der Waals surface area contributed by atoms with E-state index in [4.69, 9.17) is 0 Å². The van der Waals surface area contributed by atoms with E-state index in [0.717, 1.165) is 30.5 Å². The minimum absolute atomic E-state index is 0.0789. The number of pyridine rings is 1. The Kier molecular flexibility index (Phi) is 5.50. The molecule has 1 aromatic carbocycles. The molecule has 0 radical (unpaired) electrons. The minimum atomic E-state index is 0.0789. The van der Waals surface area contributed by atoms with Gasteiger partial charge in [-0.15, -0.1) is 0 Å². The number of amides is 1. The van der Waals surface area contributed by atoms with Crippen LogP contribution in [0.2, 0.25) is 0 Å². The van der Waals surface area contributed by atoms with Crippen LogP contribution in [0.1, 0.15) is 36.5 Å². The molecule has 2 rings (SSSR count). The van der Waals surface area contributed by atoms with E-state index in [0.29, 0.717) is 6.42 Å². The summed E-state index contributed by atoms with van der Waals surface area (Å²) in [6, 6.07) is 10.2. The normalized spacial score (nSPS) is 10.4. The van der Waals surface area contributed by atoms with Crippen molar-refractivity contribution in [3.05, 3.63) is 59.4 Å². The van der Waals surface area contributed by atoms with Gasteiger partial charge >= 0.3 is 0 Å². The predicted octanol–water partition coefficient (Wildman–Crippen LogP) is 3.91. The van der Waals surface area contributed by atoms with Crippen molar-refractivity contribution in [2.75, 3.05) is 5.32 Å². The number of rotatable bonds is 6. The number of anilines is 1. The van der Waals surface area contributed by atoms with E-state index in [9.17, 15) is 4.79 Å². The second-order valence-corrected chi connectivity index (χ2v) is 5.27. The van der Waals surface area contributed by atoms with Crippen molar-refractivity contribution in [1.29, 1.82) is 0 Å². The largest absolute Gasteiger partial charge is 0.326 e. The van der Waals surface area contributed by atoms with Gasteiger partial charge in [0.25, 0.3) is 0 Å². The first-order chi connectivity index (χ1) is 10.2. The topological polar surface area (TPSA) is 42.0 Å². The molecule has 0 fully saturated rings. The van der Waals surface area contributed by atoms with Crippen molar-refractivity contribution in [3.8, 4) is 0 Å². The summed E-state index contributed by atoms with van der Waals surface area (Å²) < 4.78 is 0. The second kappa shape index (κ2) is 7.58. The van der Waals surface area contributed by atoms with E-state index < -0.39 is 0 Å². The Bertz CT molecular complexity index is 593. The fourth-order valence-electron chi connectivity index (χ4n) is 2.24. The van der Waals surface area contributed by atoms with E-state index >= 15 is 0 Å². The first-order valence-electron chi connectivity index (χ1n) is 7.47. The van der Waals surface area contributed by atoms with Gasteiger partial charge in [0, 0.05) is 24.5 Å². The van der Waals surface area contributed by atoms with Crippen LogP contribution in [-0.4, -0.2) is 10.9 Å². The Morgan fingerprint density at radius 2 is 2.10 bits per heavy atom. The summed E-state index contributed by atoms with van der Waals surface area (Å²) in [5.41, 5.74) is 4.45. The molecule has 0 saturated carbocycles. The van der Waals surface area contributed by atoms with Gasteiger partial charge in [-0.3, -0.25) is 9.78 Å². The van der Waals surface area contributed by atoms with Crippen LogP contribution in [0.15, 0.2) is 42.7 Å². The van der Waals surface area contributed by atoms with Crippen LogP contribution >= 0.6 is 0 Å². The molecule has 0 unspecified atom stereocenters. The second-order valence-electron chi connectivity index (χ2n) is 5.27. The summed E-state index contributed by atoms with van der Waals surface area (Å²) in [5, 5.41) is 3.02. The summed E-state index contributed by atoms with van der Waals surface area (Å²) in [6.07, 6.45) is 6.85. The molecular formula is C18H22N2O. The van der Waals surface area contributed by atoms with Gasteiger partial charge < -0.3 is 5.32 Å². The molecule has 1 heterocycles. The monoisotopic (exact) mass is 282 g/mol. The molecule has 110 valence electrons. The zero-order chi connectivity index (χ0) is 15.1. The lowest BCUT2D eigenvalue weighted by atomic mass is 10.1. The molecule has 1 aromatic heterocycles. The smallest absolute Gasteiger partial charge is 0.224 e. The summed E-state index contributed by atoms with van der Waals surface area (Å²) in [4.78, 5) is 16.1. The van der Waals surface area contributed by atoms with Gasteiger partial charge in [-0.25, -0.2) is 0 Å². The highest BCUT2D eigenvalue weighted by atomic mass is 16.1. The number of nitrogens with zero attached hydrogens (tertiary/aromatic N) is 1. The average molecular weight is 282 g/mol.